The Kier molecular flexibility index (Phi) is 3.16. The van der Waals surface area contributed by atoms with E-state index in [1.807, 2.05) is 13.8 Å². The molecule has 0 amide bonds. The van der Waals surface area contributed by atoms with Crippen LogP contribution in [0.25, 0.3) is 0 Å². The molecule has 118 valence electrons. The number of hydrogen-bond donors (Lipinski definition) is 0. The average molecular weight is 294 g/mol. The molecule has 0 aromatic rings. The van der Waals surface area contributed by atoms with Gasteiger partial charge in [-0.15, -0.1) is 0 Å². The van der Waals surface area contributed by atoms with Gasteiger partial charge in [-0.1, -0.05) is 27.7 Å². The highest BCUT2D eigenvalue weighted by atomic mass is 16.6. The third-order valence-corrected chi connectivity index (χ3v) is 6.47. The minimum atomic E-state index is -0.517. The Morgan fingerprint density at radius 2 is 1.95 bits per heavy atom. The predicted octanol–water partition coefficient (Wildman–Crippen LogP) is 2.94. The molecule has 0 N–H and O–H groups in total. The van der Waals surface area contributed by atoms with E-state index < -0.39 is 5.41 Å². The van der Waals surface area contributed by atoms with E-state index in [2.05, 4.69) is 20.8 Å². The summed E-state index contributed by atoms with van der Waals surface area (Å²) in [6.45, 7) is 10.2. The molecular formula is C17H26O4. The van der Waals surface area contributed by atoms with Crippen LogP contribution in [-0.4, -0.2) is 24.1 Å². The Bertz CT molecular complexity index is 478. The summed E-state index contributed by atoms with van der Waals surface area (Å²) in [5.41, 5.74) is -0.678. The first-order valence-corrected chi connectivity index (χ1v) is 8.10. The Morgan fingerprint density at radius 1 is 1.29 bits per heavy atom. The first-order chi connectivity index (χ1) is 9.69. The Morgan fingerprint density at radius 3 is 2.52 bits per heavy atom. The molecule has 2 saturated carbocycles. The number of carbonyl (C=O) groups is 2. The van der Waals surface area contributed by atoms with Gasteiger partial charge in [-0.25, -0.2) is 0 Å². The first-order valence-electron chi connectivity index (χ1n) is 8.10. The summed E-state index contributed by atoms with van der Waals surface area (Å²) in [7, 11) is 0. The summed E-state index contributed by atoms with van der Waals surface area (Å²) in [4.78, 5) is 24.5. The molecule has 2 bridgehead atoms. The van der Waals surface area contributed by atoms with E-state index in [1.165, 1.54) is 0 Å². The molecule has 3 fully saturated rings. The number of ether oxygens (including phenoxy) is 2. The van der Waals surface area contributed by atoms with Crippen LogP contribution in [0, 0.1) is 28.6 Å². The third kappa shape index (κ3) is 1.94. The number of esters is 2. The smallest absolute Gasteiger partial charge is 0.312 e. The highest BCUT2D eigenvalue weighted by molar-refractivity contribution is 5.79. The van der Waals surface area contributed by atoms with Gasteiger partial charge in [0.05, 0.1) is 11.3 Å². The summed E-state index contributed by atoms with van der Waals surface area (Å²) in [6, 6.07) is 0. The van der Waals surface area contributed by atoms with Gasteiger partial charge in [-0.2, -0.15) is 0 Å². The van der Waals surface area contributed by atoms with Gasteiger partial charge in [0.25, 0.3) is 0 Å². The molecule has 1 heterocycles. The van der Waals surface area contributed by atoms with Crippen molar-refractivity contribution in [3.63, 3.8) is 0 Å². The number of hydrogen-bond acceptors (Lipinski definition) is 4. The maximum atomic E-state index is 12.8. The fraction of sp³-hybridized carbons (Fsp3) is 0.882. The lowest BCUT2D eigenvalue weighted by atomic mass is 9.66. The minimum Gasteiger partial charge on any atom is -0.458 e. The molecule has 1 aliphatic heterocycles. The summed E-state index contributed by atoms with van der Waals surface area (Å²) in [5.74, 6) is 0.425. The van der Waals surface area contributed by atoms with Crippen molar-refractivity contribution < 1.29 is 19.1 Å². The number of rotatable bonds is 3. The second kappa shape index (κ2) is 4.47. The maximum absolute atomic E-state index is 12.8. The van der Waals surface area contributed by atoms with Crippen LogP contribution >= 0.6 is 0 Å². The van der Waals surface area contributed by atoms with Gasteiger partial charge in [-0.05, 0) is 31.6 Å². The zero-order valence-corrected chi connectivity index (χ0v) is 13.6. The normalized spacial score (nSPS) is 40.0. The van der Waals surface area contributed by atoms with Crippen molar-refractivity contribution in [2.45, 2.75) is 66.1 Å². The SMILES string of the molecule is CCC(C)(C(=O)OC1C2CC3C(=O)OC1C3C2)C(C)(C)C. The van der Waals surface area contributed by atoms with Gasteiger partial charge in [0, 0.05) is 11.8 Å². The molecule has 3 aliphatic rings. The van der Waals surface area contributed by atoms with Gasteiger partial charge < -0.3 is 9.47 Å². The number of carbonyl (C=O) groups excluding carboxylic acids is 2. The Balaban J connectivity index is 1.76. The Hall–Kier alpha value is -1.06. The standard InChI is InChI=1S/C17H26O4/c1-6-17(5,16(2,3)4)15(19)21-12-9-7-10-11(8-9)14(18)20-13(10)12/h9-13H,6-8H2,1-5H3. The first kappa shape index (κ1) is 14.9. The molecule has 0 radical (unpaired) electrons. The summed E-state index contributed by atoms with van der Waals surface area (Å²) in [5, 5.41) is 0. The van der Waals surface area contributed by atoms with Crippen molar-refractivity contribution in [2.75, 3.05) is 0 Å². The lowest BCUT2D eigenvalue weighted by molar-refractivity contribution is -0.177. The van der Waals surface area contributed by atoms with Crippen LogP contribution < -0.4 is 0 Å². The molecule has 2 aliphatic carbocycles. The van der Waals surface area contributed by atoms with E-state index in [1.54, 1.807) is 0 Å². The van der Waals surface area contributed by atoms with E-state index >= 15 is 0 Å². The van der Waals surface area contributed by atoms with Crippen LogP contribution in [-0.2, 0) is 19.1 Å². The maximum Gasteiger partial charge on any atom is 0.312 e. The molecule has 6 atom stereocenters. The van der Waals surface area contributed by atoms with Crippen molar-refractivity contribution in [1.29, 1.82) is 0 Å². The molecule has 4 nitrogen and oxygen atoms in total. The van der Waals surface area contributed by atoms with Crippen LogP contribution in [0.1, 0.15) is 53.9 Å². The zero-order chi connectivity index (χ0) is 15.6. The van der Waals surface area contributed by atoms with Crippen molar-refractivity contribution in [1.82, 2.24) is 0 Å². The van der Waals surface area contributed by atoms with Crippen molar-refractivity contribution in [3.05, 3.63) is 0 Å². The van der Waals surface area contributed by atoms with Crippen LogP contribution in [0.3, 0.4) is 0 Å². The predicted molar refractivity (Wildman–Crippen MR) is 77.3 cm³/mol. The summed E-state index contributed by atoms with van der Waals surface area (Å²) in [6.07, 6.45) is 2.13. The monoisotopic (exact) mass is 294 g/mol. The summed E-state index contributed by atoms with van der Waals surface area (Å²) < 4.78 is 11.4. The lowest BCUT2D eigenvalue weighted by Gasteiger charge is -2.40. The highest BCUT2D eigenvalue weighted by Crippen LogP contribution is 2.56. The van der Waals surface area contributed by atoms with E-state index in [9.17, 15) is 9.59 Å². The van der Waals surface area contributed by atoms with Crippen molar-refractivity contribution in [3.8, 4) is 0 Å². The lowest BCUT2D eigenvalue weighted by Crippen LogP contribution is -2.45. The topological polar surface area (TPSA) is 52.6 Å². The third-order valence-electron chi connectivity index (χ3n) is 6.47. The van der Waals surface area contributed by atoms with Gasteiger partial charge >= 0.3 is 11.9 Å². The van der Waals surface area contributed by atoms with E-state index in [0.29, 0.717) is 5.92 Å². The fourth-order valence-corrected chi connectivity index (χ4v) is 4.30. The molecule has 6 unspecified atom stereocenters. The van der Waals surface area contributed by atoms with Crippen molar-refractivity contribution in [2.24, 2.45) is 28.6 Å². The molecular weight excluding hydrogens is 268 g/mol. The minimum absolute atomic E-state index is 0.0649. The van der Waals surface area contributed by atoms with E-state index in [0.717, 1.165) is 19.3 Å². The highest BCUT2D eigenvalue weighted by Gasteiger charge is 2.63. The van der Waals surface area contributed by atoms with Gasteiger partial charge in [0.2, 0.25) is 0 Å². The molecule has 0 spiro atoms. The molecule has 0 aromatic carbocycles. The molecule has 0 aromatic heterocycles. The van der Waals surface area contributed by atoms with E-state index in [4.69, 9.17) is 9.47 Å². The van der Waals surface area contributed by atoms with Crippen LogP contribution in [0.4, 0.5) is 0 Å². The Labute approximate surface area is 126 Å². The quantitative estimate of drug-likeness (QED) is 0.751. The fourth-order valence-electron chi connectivity index (χ4n) is 4.30. The zero-order valence-electron chi connectivity index (χ0n) is 13.6. The van der Waals surface area contributed by atoms with Crippen LogP contribution in [0.2, 0.25) is 0 Å². The largest absolute Gasteiger partial charge is 0.458 e. The van der Waals surface area contributed by atoms with Gasteiger partial charge in [0.1, 0.15) is 12.2 Å². The molecule has 1 saturated heterocycles. The molecule has 21 heavy (non-hydrogen) atoms. The van der Waals surface area contributed by atoms with Crippen LogP contribution in [0.15, 0.2) is 0 Å². The van der Waals surface area contributed by atoms with Crippen molar-refractivity contribution >= 4 is 11.9 Å². The van der Waals surface area contributed by atoms with Crippen LogP contribution in [0.5, 0.6) is 0 Å². The molecule has 4 heteroatoms. The second-order valence-electron chi connectivity index (χ2n) is 8.21. The average Bonchev–Trinajstić information content (AvgIpc) is 3.00. The molecule has 3 rings (SSSR count). The summed E-state index contributed by atoms with van der Waals surface area (Å²) >= 11 is 0. The van der Waals surface area contributed by atoms with Gasteiger partial charge in [0.15, 0.2) is 0 Å². The van der Waals surface area contributed by atoms with E-state index in [-0.39, 0.29) is 41.4 Å². The number of fused-ring (bicyclic) bond motifs is 1. The van der Waals surface area contributed by atoms with Gasteiger partial charge in [-0.3, -0.25) is 9.59 Å². The second-order valence-corrected chi connectivity index (χ2v) is 8.21.